The summed E-state index contributed by atoms with van der Waals surface area (Å²) in [6.45, 7) is 0. The van der Waals surface area contributed by atoms with Crippen molar-refractivity contribution < 1.29 is 0 Å². The number of pyridine rings is 1. The van der Waals surface area contributed by atoms with Gasteiger partial charge in [0.2, 0.25) is 0 Å². The fraction of sp³-hybridized carbons (Fsp3) is 0. The van der Waals surface area contributed by atoms with Crippen molar-refractivity contribution in [1.82, 2.24) is 19.6 Å². The molecule has 0 atom stereocenters. The van der Waals surface area contributed by atoms with Crippen molar-refractivity contribution in [2.45, 2.75) is 0 Å². The van der Waals surface area contributed by atoms with Crippen molar-refractivity contribution in [1.29, 1.82) is 0 Å². The molecule has 0 saturated heterocycles. The van der Waals surface area contributed by atoms with E-state index in [2.05, 4.69) is 15.1 Å². The molecule has 0 amide bonds. The van der Waals surface area contributed by atoms with Crippen LogP contribution in [-0.2, 0) is 0 Å². The third-order valence-electron chi connectivity index (χ3n) is 2.25. The molecule has 0 saturated carbocycles. The van der Waals surface area contributed by atoms with E-state index < -0.39 is 0 Å². The lowest BCUT2D eigenvalue weighted by Gasteiger charge is -1.92. The fourth-order valence-corrected chi connectivity index (χ4v) is 1.51. The quantitative estimate of drug-likeness (QED) is 0.596. The van der Waals surface area contributed by atoms with E-state index in [4.69, 9.17) is 0 Å². The molecular formula is C11H8N4. The molecule has 15 heavy (non-hydrogen) atoms. The Morgan fingerprint density at radius 1 is 0.933 bits per heavy atom. The van der Waals surface area contributed by atoms with Gasteiger partial charge >= 0.3 is 0 Å². The van der Waals surface area contributed by atoms with Crippen LogP contribution in [0.3, 0.4) is 0 Å². The highest BCUT2D eigenvalue weighted by Crippen LogP contribution is 2.17. The number of aromatic nitrogens is 4. The van der Waals surface area contributed by atoms with E-state index in [0.717, 1.165) is 16.8 Å². The molecule has 0 radical (unpaired) electrons. The van der Waals surface area contributed by atoms with Gasteiger partial charge in [-0.05, 0) is 24.3 Å². The van der Waals surface area contributed by atoms with Crippen molar-refractivity contribution in [3.8, 4) is 11.3 Å². The number of nitrogens with zero attached hydrogens (tertiary/aromatic N) is 4. The molecule has 0 unspecified atom stereocenters. The Labute approximate surface area is 86.2 Å². The van der Waals surface area contributed by atoms with Crippen LogP contribution in [0.1, 0.15) is 0 Å². The third-order valence-corrected chi connectivity index (χ3v) is 2.25. The minimum absolute atomic E-state index is 0.936. The molecule has 0 aliphatic rings. The molecule has 0 spiro atoms. The summed E-state index contributed by atoms with van der Waals surface area (Å²) in [5, 5.41) is 4.41. The van der Waals surface area contributed by atoms with E-state index in [-0.39, 0.29) is 0 Å². The average Bonchev–Trinajstić information content (AvgIpc) is 2.74. The molecule has 72 valence electrons. The van der Waals surface area contributed by atoms with E-state index in [1.807, 2.05) is 24.3 Å². The van der Waals surface area contributed by atoms with Gasteiger partial charge in [0.1, 0.15) is 6.33 Å². The van der Waals surface area contributed by atoms with Gasteiger partial charge in [-0.25, -0.2) is 9.50 Å². The van der Waals surface area contributed by atoms with Gasteiger partial charge in [0.05, 0.1) is 11.2 Å². The second kappa shape index (κ2) is 3.16. The maximum Gasteiger partial charge on any atom is 0.117 e. The molecule has 4 nitrogen and oxygen atoms in total. The van der Waals surface area contributed by atoms with Crippen molar-refractivity contribution in [3.05, 3.63) is 49.2 Å². The number of hydrogen-bond donors (Lipinski definition) is 0. The van der Waals surface area contributed by atoms with Crippen molar-refractivity contribution in [2.75, 3.05) is 0 Å². The Morgan fingerprint density at radius 2 is 1.73 bits per heavy atom. The van der Waals surface area contributed by atoms with E-state index >= 15 is 0 Å². The molecule has 0 aliphatic heterocycles. The van der Waals surface area contributed by atoms with Crippen molar-refractivity contribution in [3.63, 3.8) is 0 Å². The molecule has 0 N–H and O–H groups in total. The van der Waals surface area contributed by atoms with Crippen LogP contribution in [0.15, 0.2) is 49.2 Å². The molecular weight excluding hydrogens is 188 g/mol. The highest BCUT2D eigenvalue weighted by molar-refractivity contribution is 5.64. The molecule has 0 aliphatic carbocycles. The normalized spacial score (nSPS) is 10.7. The van der Waals surface area contributed by atoms with E-state index in [9.17, 15) is 0 Å². The largest absolute Gasteiger partial charge is 0.265 e. The summed E-state index contributed by atoms with van der Waals surface area (Å²) < 4.78 is 1.76. The summed E-state index contributed by atoms with van der Waals surface area (Å²) in [6.07, 6.45) is 6.97. The summed E-state index contributed by atoms with van der Waals surface area (Å²) in [6, 6.07) is 7.83. The van der Waals surface area contributed by atoms with Crippen LogP contribution in [0.5, 0.6) is 0 Å². The maximum atomic E-state index is 4.41. The monoisotopic (exact) mass is 196 g/mol. The highest BCUT2D eigenvalue weighted by Gasteiger charge is 2.02. The first-order valence-corrected chi connectivity index (χ1v) is 4.63. The van der Waals surface area contributed by atoms with Gasteiger partial charge in [0.25, 0.3) is 0 Å². The molecule has 3 rings (SSSR count). The molecule has 0 bridgehead atoms. The number of fused-ring (bicyclic) bond motifs is 1. The fourth-order valence-electron chi connectivity index (χ4n) is 1.51. The maximum absolute atomic E-state index is 4.41. The van der Waals surface area contributed by atoms with Crippen LogP contribution in [0, 0.1) is 0 Å². The Balaban J connectivity index is 2.21. The summed E-state index contributed by atoms with van der Waals surface area (Å²) in [4.78, 5) is 7.99. The van der Waals surface area contributed by atoms with Crippen LogP contribution in [0.25, 0.3) is 16.8 Å². The SMILES string of the molecule is c1cc(-c2cc3ccncn3n2)ccn1. The lowest BCUT2D eigenvalue weighted by molar-refractivity contribution is 0.925. The lowest BCUT2D eigenvalue weighted by Crippen LogP contribution is -1.87. The van der Waals surface area contributed by atoms with Gasteiger partial charge in [0.15, 0.2) is 0 Å². The second-order valence-corrected chi connectivity index (χ2v) is 3.22. The smallest absolute Gasteiger partial charge is 0.117 e. The predicted molar refractivity (Wildman–Crippen MR) is 56.2 cm³/mol. The van der Waals surface area contributed by atoms with Gasteiger partial charge in [-0.3, -0.25) is 4.98 Å². The van der Waals surface area contributed by atoms with Gasteiger partial charge in [-0.15, -0.1) is 0 Å². The van der Waals surface area contributed by atoms with Crippen LogP contribution < -0.4 is 0 Å². The molecule has 0 fully saturated rings. The first-order chi connectivity index (χ1) is 7.43. The molecule has 3 aromatic heterocycles. The minimum atomic E-state index is 0.936. The van der Waals surface area contributed by atoms with Crippen molar-refractivity contribution in [2.24, 2.45) is 0 Å². The zero-order chi connectivity index (χ0) is 10.1. The van der Waals surface area contributed by atoms with E-state index in [1.54, 1.807) is 29.4 Å². The minimum Gasteiger partial charge on any atom is -0.265 e. The molecule has 0 aromatic carbocycles. The highest BCUT2D eigenvalue weighted by atomic mass is 15.2. The topological polar surface area (TPSA) is 43.1 Å². The molecule has 4 heteroatoms. The number of rotatable bonds is 1. The van der Waals surface area contributed by atoms with Gasteiger partial charge in [-0.1, -0.05) is 0 Å². The van der Waals surface area contributed by atoms with Crippen LogP contribution in [0.4, 0.5) is 0 Å². The Kier molecular flexibility index (Phi) is 1.71. The summed E-state index contributed by atoms with van der Waals surface area (Å²) in [5.41, 5.74) is 3.04. The lowest BCUT2D eigenvalue weighted by atomic mass is 10.2. The summed E-state index contributed by atoms with van der Waals surface area (Å²) in [5.74, 6) is 0. The van der Waals surface area contributed by atoms with Crippen molar-refractivity contribution >= 4 is 5.52 Å². The predicted octanol–water partition coefficient (Wildman–Crippen LogP) is 1.79. The van der Waals surface area contributed by atoms with E-state index in [1.165, 1.54) is 0 Å². The number of hydrogen-bond acceptors (Lipinski definition) is 3. The summed E-state index contributed by atoms with van der Waals surface area (Å²) >= 11 is 0. The van der Waals surface area contributed by atoms with Gasteiger partial charge < -0.3 is 0 Å². The van der Waals surface area contributed by atoms with Crippen LogP contribution in [0.2, 0.25) is 0 Å². The van der Waals surface area contributed by atoms with Crippen LogP contribution in [-0.4, -0.2) is 19.6 Å². The van der Waals surface area contributed by atoms with Crippen LogP contribution >= 0.6 is 0 Å². The first kappa shape index (κ1) is 8.11. The van der Waals surface area contributed by atoms with Gasteiger partial charge in [0, 0.05) is 24.2 Å². The van der Waals surface area contributed by atoms with E-state index in [0.29, 0.717) is 0 Å². The molecule has 3 heterocycles. The van der Waals surface area contributed by atoms with Gasteiger partial charge in [-0.2, -0.15) is 5.10 Å². The first-order valence-electron chi connectivity index (χ1n) is 4.63. The zero-order valence-corrected chi connectivity index (χ0v) is 7.91. The zero-order valence-electron chi connectivity index (χ0n) is 7.91. The second-order valence-electron chi connectivity index (χ2n) is 3.22. The Hall–Kier alpha value is -2.23. The average molecular weight is 196 g/mol. The Morgan fingerprint density at radius 3 is 2.53 bits per heavy atom. The Bertz CT molecular complexity index is 553. The summed E-state index contributed by atoms with van der Waals surface area (Å²) in [7, 11) is 0. The standard InChI is InChI=1S/C11H8N4/c1-4-12-5-2-9(1)11-7-10-3-6-13-8-15(10)14-11/h1-8H. The third kappa shape index (κ3) is 1.36. The molecule has 3 aromatic rings.